The SMILES string of the molecule is CCNC(CC1CCC1)CC1CCOc2ccccc21. The van der Waals surface area contributed by atoms with Gasteiger partial charge in [-0.2, -0.15) is 0 Å². The second kappa shape index (κ2) is 6.62. The van der Waals surface area contributed by atoms with Crippen molar-refractivity contribution in [2.75, 3.05) is 13.2 Å². The molecular weight excluding hydrogens is 246 g/mol. The van der Waals surface area contributed by atoms with E-state index in [1.165, 1.54) is 44.1 Å². The minimum Gasteiger partial charge on any atom is -0.493 e. The molecule has 1 heterocycles. The number of para-hydroxylation sites is 1. The summed E-state index contributed by atoms with van der Waals surface area (Å²) in [6.07, 6.45) is 8.16. The fourth-order valence-corrected chi connectivity index (χ4v) is 3.69. The number of hydrogen-bond acceptors (Lipinski definition) is 2. The van der Waals surface area contributed by atoms with E-state index < -0.39 is 0 Å². The van der Waals surface area contributed by atoms with Gasteiger partial charge in [0.05, 0.1) is 6.61 Å². The van der Waals surface area contributed by atoms with Gasteiger partial charge in [0, 0.05) is 6.04 Å². The van der Waals surface area contributed by atoms with Crippen molar-refractivity contribution in [3.05, 3.63) is 29.8 Å². The molecule has 2 aliphatic rings. The normalized spacial score (nSPS) is 23.6. The van der Waals surface area contributed by atoms with Crippen LogP contribution >= 0.6 is 0 Å². The molecule has 0 spiro atoms. The maximum absolute atomic E-state index is 5.79. The first kappa shape index (κ1) is 13.9. The molecule has 0 bridgehead atoms. The smallest absolute Gasteiger partial charge is 0.122 e. The Labute approximate surface area is 122 Å². The topological polar surface area (TPSA) is 21.3 Å². The van der Waals surface area contributed by atoms with Crippen molar-refractivity contribution < 1.29 is 4.74 Å². The van der Waals surface area contributed by atoms with E-state index in [1.807, 2.05) is 0 Å². The first-order valence-corrected chi connectivity index (χ1v) is 8.32. The predicted octanol–water partition coefficient (Wildman–Crippen LogP) is 4.11. The van der Waals surface area contributed by atoms with Crippen LogP contribution in [-0.2, 0) is 0 Å². The van der Waals surface area contributed by atoms with Crippen molar-refractivity contribution >= 4 is 0 Å². The summed E-state index contributed by atoms with van der Waals surface area (Å²) < 4.78 is 5.79. The Balaban J connectivity index is 1.65. The lowest BCUT2D eigenvalue weighted by atomic mass is 9.78. The summed E-state index contributed by atoms with van der Waals surface area (Å²) in [4.78, 5) is 0. The van der Waals surface area contributed by atoms with E-state index in [2.05, 4.69) is 36.5 Å². The van der Waals surface area contributed by atoms with Gasteiger partial charge in [0.1, 0.15) is 5.75 Å². The molecular formula is C18H27NO. The lowest BCUT2D eigenvalue weighted by molar-refractivity contribution is 0.226. The maximum Gasteiger partial charge on any atom is 0.122 e. The maximum atomic E-state index is 5.79. The Morgan fingerprint density at radius 2 is 2.05 bits per heavy atom. The average molecular weight is 273 g/mol. The number of hydrogen-bond donors (Lipinski definition) is 1. The number of benzene rings is 1. The third kappa shape index (κ3) is 3.17. The van der Waals surface area contributed by atoms with Gasteiger partial charge in [-0.3, -0.25) is 0 Å². The van der Waals surface area contributed by atoms with Gasteiger partial charge in [0.25, 0.3) is 0 Å². The summed E-state index contributed by atoms with van der Waals surface area (Å²) in [5, 5.41) is 3.72. The Morgan fingerprint density at radius 1 is 1.20 bits per heavy atom. The quantitative estimate of drug-likeness (QED) is 0.842. The van der Waals surface area contributed by atoms with Crippen LogP contribution in [0.25, 0.3) is 0 Å². The lowest BCUT2D eigenvalue weighted by Gasteiger charge is -2.33. The molecule has 2 heteroatoms. The molecule has 1 saturated carbocycles. The summed E-state index contributed by atoms with van der Waals surface area (Å²) in [6.45, 7) is 4.19. The van der Waals surface area contributed by atoms with Crippen LogP contribution in [0.3, 0.4) is 0 Å². The molecule has 2 nitrogen and oxygen atoms in total. The summed E-state index contributed by atoms with van der Waals surface area (Å²) >= 11 is 0. The summed E-state index contributed by atoms with van der Waals surface area (Å²) in [7, 11) is 0. The summed E-state index contributed by atoms with van der Waals surface area (Å²) in [5.74, 6) is 2.76. The highest BCUT2D eigenvalue weighted by Crippen LogP contribution is 2.38. The molecule has 0 amide bonds. The van der Waals surface area contributed by atoms with E-state index in [4.69, 9.17) is 4.74 Å². The van der Waals surface area contributed by atoms with E-state index >= 15 is 0 Å². The molecule has 20 heavy (non-hydrogen) atoms. The molecule has 1 aliphatic carbocycles. The van der Waals surface area contributed by atoms with Gasteiger partial charge in [-0.25, -0.2) is 0 Å². The number of rotatable bonds is 6. The Hall–Kier alpha value is -1.02. The zero-order valence-electron chi connectivity index (χ0n) is 12.6. The summed E-state index contributed by atoms with van der Waals surface area (Å²) in [5.41, 5.74) is 1.43. The Kier molecular flexibility index (Phi) is 4.62. The highest BCUT2D eigenvalue weighted by Gasteiger charge is 2.27. The van der Waals surface area contributed by atoms with E-state index in [9.17, 15) is 0 Å². The number of ether oxygens (including phenoxy) is 1. The lowest BCUT2D eigenvalue weighted by Crippen LogP contribution is -2.35. The zero-order valence-corrected chi connectivity index (χ0v) is 12.6. The molecule has 0 aromatic heterocycles. The van der Waals surface area contributed by atoms with E-state index in [0.29, 0.717) is 12.0 Å². The van der Waals surface area contributed by atoms with Crippen molar-refractivity contribution in [3.8, 4) is 5.75 Å². The largest absolute Gasteiger partial charge is 0.493 e. The van der Waals surface area contributed by atoms with Crippen LogP contribution in [-0.4, -0.2) is 19.2 Å². The van der Waals surface area contributed by atoms with Gasteiger partial charge < -0.3 is 10.1 Å². The van der Waals surface area contributed by atoms with E-state index in [0.717, 1.165) is 24.8 Å². The molecule has 2 unspecified atom stereocenters. The molecule has 2 atom stereocenters. The molecule has 3 rings (SSSR count). The second-order valence-corrected chi connectivity index (χ2v) is 6.39. The highest BCUT2D eigenvalue weighted by atomic mass is 16.5. The third-order valence-corrected chi connectivity index (χ3v) is 4.99. The van der Waals surface area contributed by atoms with Crippen LogP contribution in [0, 0.1) is 5.92 Å². The van der Waals surface area contributed by atoms with Gasteiger partial charge in [0.15, 0.2) is 0 Å². The van der Waals surface area contributed by atoms with Crippen molar-refractivity contribution in [2.45, 2.75) is 57.4 Å². The third-order valence-electron chi connectivity index (χ3n) is 4.99. The van der Waals surface area contributed by atoms with Crippen LogP contribution in [0.5, 0.6) is 5.75 Å². The number of fused-ring (bicyclic) bond motifs is 1. The zero-order chi connectivity index (χ0) is 13.8. The molecule has 1 N–H and O–H groups in total. The molecule has 1 fully saturated rings. The summed E-state index contributed by atoms with van der Waals surface area (Å²) in [6, 6.07) is 9.29. The van der Waals surface area contributed by atoms with Gasteiger partial charge in [-0.1, -0.05) is 44.4 Å². The van der Waals surface area contributed by atoms with Crippen LogP contribution in [0.15, 0.2) is 24.3 Å². The fourth-order valence-electron chi connectivity index (χ4n) is 3.69. The van der Waals surface area contributed by atoms with Gasteiger partial charge in [-0.05, 0) is 49.3 Å². The number of nitrogens with one attached hydrogen (secondary N) is 1. The van der Waals surface area contributed by atoms with Crippen LogP contribution < -0.4 is 10.1 Å². The highest BCUT2D eigenvalue weighted by molar-refractivity contribution is 5.37. The van der Waals surface area contributed by atoms with E-state index in [-0.39, 0.29) is 0 Å². The minimum absolute atomic E-state index is 0.670. The van der Waals surface area contributed by atoms with Gasteiger partial charge in [0.2, 0.25) is 0 Å². The molecule has 1 aromatic carbocycles. The first-order chi connectivity index (χ1) is 9.86. The van der Waals surface area contributed by atoms with Crippen molar-refractivity contribution in [1.82, 2.24) is 5.32 Å². The van der Waals surface area contributed by atoms with Gasteiger partial charge >= 0.3 is 0 Å². The standard InChI is InChI=1S/C18H27NO/c1-2-19-16(12-14-6-5-7-14)13-15-10-11-20-18-9-4-3-8-17(15)18/h3-4,8-9,14-16,19H,2,5-7,10-13H2,1H3. The van der Waals surface area contributed by atoms with E-state index in [1.54, 1.807) is 0 Å². The van der Waals surface area contributed by atoms with Crippen LogP contribution in [0.1, 0.15) is 56.9 Å². The molecule has 1 aromatic rings. The predicted molar refractivity (Wildman–Crippen MR) is 83.3 cm³/mol. The molecule has 1 aliphatic heterocycles. The van der Waals surface area contributed by atoms with Crippen molar-refractivity contribution in [3.63, 3.8) is 0 Å². The van der Waals surface area contributed by atoms with Crippen LogP contribution in [0.2, 0.25) is 0 Å². The molecule has 0 radical (unpaired) electrons. The minimum atomic E-state index is 0.670. The first-order valence-electron chi connectivity index (χ1n) is 8.32. The Morgan fingerprint density at radius 3 is 2.80 bits per heavy atom. The molecule has 0 saturated heterocycles. The molecule has 110 valence electrons. The fraction of sp³-hybridized carbons (Fsp3) is 0.667. The van der Waals surface area contributed by atoms with Crippen molar-refractivity contribution in [2.24, 2.45) is 5.92 Å². The Bertz CT molecular complexity index is 427. The average Bonchev–Trinajstić information content (AvgIpc) is 2.43. The second-order valence-electron chi connectivity index (χ2n) is 6.39. The van der Waals surface area contributed by atoms with Crippen molar-refractivity contribution in [1.29, 1.82) is 0 Å². The monoisotopic (exact) mass is 273 g/mol. The van der Waals surface area contributed by atoms with Crippen LogP contribution in [0.4, 0.5) is 0 Å². The van der Waals surface area contributed by atoms with Gasteiger partial charge in [-0.15, -0.1) is 0 Å².